The molecule has 4 saturated heterocycles. The Bertz CT molecular complexity index is 3960. The van der Waals surface area contributed by atoms with Gasteiger partial charge in [0.1, 0.15) is 48.8 Å². The summed E-state index contributed by atoms with van der Waals surface area (Å²) in [5.74, 6) is -0.0616. The van der Waals surface area contributed by atoms with Gasteiger partial charge in [-0.2, -0.15) is 20.3 Å². The van der Waals surface area contributed by atoms with Gasteiger partial charge in [-0.3, -0.25) is 33.7 Å². The Morgan fingerprint density at radius 1 is 0.240 bits per heavy atom. The third kappa shape index (κ3) is 46.7. The molecule has 4 fully saturated rings. The molecule has 146 heavy (non-hydrogen) atoms. The van der Waals surface area contributed by atoms with Crippen molar-refractivity contribution in [2.75, 3.05) is 7.11 Å². The molecule has 4 aromatic rings. The highest BCUT2D eigenvalue weighted by Gasteiger charge is 2.56. The van der Waals surface area contributed by atoms with Gasteiger partial charge in [-0.05, 0) is 176 Å². The van der Waals surface area contributed by atoms with E-state index in [4.69, 9.17) is 43.0 Å². The molecule has 0 bridgehead atoms. The zero-order valence-electron chi connectivity index (χ0n) is 98.4. The Morgan fingerprint density at radius 2 is 0.397 bits per heavy atom. The largest absolute Gasteiger partial charge is 0.508 e. The van der Waals surface area contributed by atoms with Gasteiger partial charge < -0.3 is 23.7 Å². The highest BCUT2D eigenvalue weighted by atomic mass is 16.7. The van der Waals surface area contributed by atoms with Gasteiger partial charge in [0.2, 0.25) is 0 Å². The first-order valence-electron chi connectivity index (χ1n) is 60.5. The number of rotatable bonds is 69. The summed E-state index contributed by atoms with van der Waals surface area (Å²) in [7, 11) is 1.35. The Kier molecular flexibility index (Phi) is 64.4. The molecule has 4 heterocycles. The molecule has 17 heteroatoms. The molecule has 0 aliphatic carbocycles. The lowest BCUT2D eigenvalue weighted by atomic mass is 9.75. The van der Waals surface area contributed by atoms with Crippen molar-refractivity contribution < 1.29 is 62.2 Å². The van der Waals surface area contributed by atoms with Crippen LogP contribution in [-0.2, 0) is 57.4 Å². The van der Waals surface area contributed by atoms with Gasteiger partial charge in [-0.15, -0.1) is 0 Å². The average molecular weight is 2040 g/mol. The summed E-state index contributed by atoms with van der Waals surface area (Å²) in [6.45, 7) is 50.8. The molecule has 0 spiro atoms. The van der Waals surface area contributed by atoms with Crippen LogP contribution in [0.2, 0.25) is 0 Å². The van der Waals surface area contributed by atoms with Crippen molar-refractivity contribution >= 4 is 24.1 Å². The van der Waals surface area contributed by atoms with Gasteiger partial charge in [-0.1, -0.05) is 448 Å². The summed E-state index contributed by atoms with van der Waals surface area (Å²) < 4.78 is 28.6. The number of methoxy groups -OCH3 is 1. The van der Waals surface area contributed by atoms with Crippen LogP contribution in [0.5, 0.6) is 0 Å². The number of nitrogens with zero attached hydrogens (tertiary/aromatic N) is 4. The fourth-order valence-corrected chi connectivity index (χ4v) is 24.2. The standard InChI is InChI=1S/C37H65NO3.C36H63NO3.C35H61NO3.C21H33NO4/c1-7-10-11-12-13-14-15-16-17-18-19-20-21-22-26-29-35(39)40-34-30-36(5,6)38(37(8-2,9-3)31-34)41-32(4)33-27-24-23-25-28-33;1-7-10-11-12-13-14-15-16-17-18-19-20-21-25-28-34(38)39-33-29-35(5,6)37(36(8-2,9-3)30-33)40-31(4)32-26-23-22-24-27-32;1-7-10-11-12-13-14-15-16-17-18-19-20-24-27-33(37)38-32-28-34(5,6)36(35(8-2,9-3)29-32)39-30(4)31-25-22-21-23-26-31;1-7-21(8-2)15-18(25-19(23)24-6)14-20(4,5)22(21)26-16(3)17-12-10-9-11-13-17/h23-25,27-28,32,34H,7-22,26,29-31H2,1-6H3;22-24,26-27,31,33H,7-21,25,28-30H2,1-6H3;21-23,25-26,30,32H,7-20,24,27-29H2,1-6H3;9-13,16,18H,7-8,14-15H2,1-6H3. The molecule has 0 N–H and O–H groups in total. The number of hydroxylamine groups is 8. The third-order valence-corrected chi connectivity index (χ3v) is 33.2. The highest BCUT2D eigenvalue weighted by molar-refractivity contribution is 5.70. The predicted octanol–water partition coefficient (Wildman–Crippen LogP) is 38.0. The molecule has 0 aromatic heterocycles. The molecule has 836 valence electrons. The number of ether oxygens (including phenoxy) is 5. The quantitative estimate of drug-likeness (QED) is 0.0233. The molecule has 4 aliphatic rings. The van der Waals surface area contributed by atoms with E-state index in [0.29, 0.717) is 25.7 Å². The molecular weight excluding hydrogens is 1810 g/mol. The van der Waals surface area contributed by atoms with Crippen LogP contribution in [-0.4, -0.2) is 120 Å². The van der Waals surface area contributed by atoms with Gasteiger partial charge >= 0.3 is 24.1 Å². The van der Waals surface area contributed by atoms with E-state index in [1.807, 2.05) is 36.4 Å². The van der Waals surface area contributed by atoms with Crippen LogP contribution in [0.4, 0.5) is 4.79 Å². The minimum Gasteiger partial charge on any atom is -0.462 e. The zero-order chi connectivity index (χ0) is 107. The van der Waals surface area contributed by atoms with E-state index < -0.39 is 6.16 Å². The summed E-state index contributed by atoms with van der Waals surface area (Å²) >= 11 is 0. The van der Waals surface area contributed by atoms with E-state index in [1.54, 1.807) is 0 Å². The lowest BCUT2D eigenvalue weighted by Gasteiger charge is -2.56. The maximum atomic E-state index is 12.8. The number of esters is 3. The molecule has 4 aromatic carbocycles. The number of hydrogen-bond donors (Lipinski definition) is 0. The Morgan fingerprint density at radius 3 is 0.555 bits per heavy atom. The van der Waals surface area contributed by atoms with Gasteiger partial charge in [0.05, 0.1) is 7.11 Å². The topological polar surface area (TPSA) is 164 Å². The van der Waals surface area contributed by atoms with Crippen LogP contribution in [0, 0.1) is 0 Å². The number of unbranched alkanes of at least 4 members (excludes halogenated alkanes) is 39. The maximum absolute atomic E-state index is 12.8. The second kappa shape index (κ2) is 72.0. The number of carbonyl (C=O) groups excluding carboxylic acids is 4. The Labute approximate surface area is 895 Å². The fourth-order valence-electron chi connectivity index (χ4n) is 24.2. The lowest BCUT2D eigenvalue weighted by molar-refractivity contribution is -0.323. The SMILES string of the molecule is CCC1(CC)CC(OC(=O)OC)CC(C)(C)N1OC(C)c1ccccc1.CCCCCCCCCCCCCCCC(=O)OC1CC(C)(C)N(OC(C)c2ccccc2)C(CC)(CC)C1.CCCCCCCCCCCCCCCCC(=O)OC1CC(C)(C)N(OC(C)c2ccccc2)C(CC)(CC)C1.CCCCCCCCCCCCCCCCCC(=O)OC1CC(C)(C)N(OC(C)c2ccccc2)C(CC)(CC)C1. The molecular formula is C129H222N4O13. The van der Waals surface area contributed by atoms with Crippen LogP contribution in [0.1, 0.15) is 598 Å². The summed E-state index contributed by atoms with van der Waals surface area (Å²) in [6, 6.07) is 41.5. The van der Waals surface area contributed by atoms with E-state index in [2.05, 4.69) is 264 Å². The molecule has 4 aliphatic heterocycles. The van der Waals surface area contributed by atoms with E-state index in [-0.39, 0.29) is 111 Å². The molecule has 0 amide bonds. The molecule has 0 saturated carbocycles. The molecule has 0 radical (unpaired) electrons. The summed E-state index contributed by atoms with van der Waals surface area (Å²) in [4.78, 5) is 76.7. The highest BCUT2D eigenvalue weighted by Crippen LogP contribution is 2.51. The number of hydrogen-bond acceptors (Lipinski definition) is 17. The van der Waals surface area contributed by atoms with Gasteiger partial charge in [0.25, 0.3) is 0 Å². The molecule has 8 rings (SSSR count). The van der Waals surface area contributed by atoms with E-state index >= 15 is 0 Å². The second-order valence-electron chi connectivity index (χ2n) is 47.0. The van der Waals surface area contributed by atoms with Crippen LogP contribution < -0.4 is 0 Å². The normalized spacial score (nSPS) is 20.1. The van der Waals surface area contributed by atoms with Crippen molar-refractivity contribution in [3.05, 3.63) is 144 Å². The summed E-state index contributed by atoms with van der Waals surface area (Å²) in [6.07, 6.45) is 70.1. The zero-order valence-corrected chi connectivity index (χ0v) is 98.4. The number of carbonyl (C=O) groups is 4. The van der Waals surface area contributed by atoms with E-state index in [9.17, 15) is 19.2 Å². The van der Waals surface area contributed by atoms with Crippen molar-refractivity contribution in [3.8, 4) is 0 Å². The molecule has 8 unspecified atom stereocenters. The fraction of sp³-hybridized carbons (Fsp3) is 0.783. The first kappa shape index (κ1) is 131. The third-order valence-electron chi connectivity index (χ3n) is 33.2. The summed E-state index contributed by atoms with van der Waals surface area (Å²) in [5.41, 5.74) is 3.10. The van der Waals surface area contributed by atoms with E-state index in [0.717, 1.165) is 140 Å². The maximum Gasteiger partial charge on any atom is 0.508 e. The monoisotopic (exact) mass is 2040 g/mol. The number of benzene rings is 4. The van der Waals surface area contributed by atoms with Crippen LogP contribution in [0.15, 0.2) is 121 Å². The van der Waals surface area contributed by atoms with Crippen molar-refractivity contribution in [2.45, 2.75) is 644 Å². The minimum absolute atomic E-state index is 0.0198. The van der Waals surface area contributed by atoms with Crippen molar-refractivity contribution in [2.24, 2.45) is 0 Å². The van der Waals surface area contributed by atoms with Gasteiger partial charge in [-0.25, -0.2) is 4.79 Å². The molecule has 8 atom stereocenters. The smallest absolute Gasteiger partial charge is 0.462 e. The van der Waals surface area contributed by atoms with Crippen LogP contribution in [0.3, 0.4) is 0 Å². The van der Waals surface area contributed by atoms with E-state index in [1.165, 1.54) is 255 Å². The lowest BCUT2D eigenvalue weighted by Crippen LogP contribution is -2.64. The Balaban J connectivity index is 0.000000346. The molecule has 17 nitrogen and oxygen atoms in total. The van der Waals surface area contributed by atoms with Crippen molar-refractivity contribution in [1.29, 1.82) is 0 Å². The van der Waals surface area contributed by atoms with Crippen LogP contribution in [0.25, 0.3) is 0 Å². The van der Waals surface area contributed by atoms with Gasteiger partial charge in [0.15, 0.2) is 0 Å². The Hall–Kier alpha value is -5.76. The second-order valence-corrected chi connectivity index (χ2v) is 47.0. The average Bonchev–Trinajstić information content (AvgIpc) is 0.767. The van der Waals surface area contributed by atoms with Crippen molar-refractivity contribution in [3.63, 3.8) is 0 Å². The van der Waals surface area contributed by atoms with Crippen LogP contribution >= 0.6 is 0 Å². The minimum atomic E-state index is -0.612. The first-order valence-corrected chi connectivity index (χ1v) is 60.5. The van der Waals surface area contributed by atoms with Crippen molar-refractivity contribution in [1.82, 2.24) is 20.3 Å². The predicted molar refractivity (Wildman–Crippen MR) is 609 cm³/mol. The first-order chi connectivity index (χ1) is 70.1. The summed E-state index contributed by atoms with van der Waals surface area (Å²) in [5, 5.41) is 8.95. The van der Waals surface area contributed by atoms with Gasteiger partial charge in [0, 0.05) is 115 Å². The number of piperidine rings is 4.